The number of nitrogens with zero attached hydrogens (tertiary/aromatic N) is 4. The zero-order valence-electron chi connectivity index (χ0n) is 24.0. The van der Waals surface area contributed by atoms with Gasteiger partial charge in [0.2, 0.25) is 0 Å². The summed E-state index contributed by atoms with van der Waals surface area (Å²) in [6, 6.07) is 26.8. The highest BCUT2D eigenvalue weighted by molar-refractivity contribution is 7.14. The van der Waals surface area contributed by atoms with Crippen LogP contribution in [0.1, 0.15) is 38.6 Å². The Kier molecular flexibility index (Phi) is 7.08. The summed E-state index contributed by atoms with van der Waals surface area (Å²) in [7, 11) is 0. The van der Waals surface area contributed by atoms with E-state index in [1.165, 1.54) is 29.0 Å². The lowest BCUT2D eigenvalue weighted by molar-refractivity contribution is 0.102. The number of para-hydroxylation sites is 1. The quantitative estimate of drug-likeness (QED) is 0.217. The molecule has 1 aliphatic heterocycles. The largest absolute Gasteiger partial charge is 0.318 e. The van der Waals surface area contributed by atoms with Gasteiger partial charge in [-0.2, -0.15) is 0 Å². The van der Waals surface area contributed by atoms with Crippen molar-refractivity contribution < 1.29 is 9.18 Å². The summed E-state index contributed by atoms with van der Waals surface area (Å²) in [6.45, 7) is 6.41. The summed E-state index contributed by atoms with van der Waals surface area (Å²) in [4.78, 5) is 26.2. The molecule has 214 valence electrons. The average Bonchev–Trinajstić information content (AvgIpc) is 3.59. The van der Waals surface area contributed by atoms with E-state index in [4.69, 9.17) is 9.97 Å². The minimum absolute atomic E-state index is 0.172. The highest BCUT2D eigenvalue weighted by atomic mass is 32.1. The van der Waals surface area contributed by atoms with Crippen LogP contribution in [-0.4, -0.2) is 31.9 Å². The number of rotatable bonds is 6. The van der Waals surface area contributed by atoms with Gasteiger partial charge in [0.25, 0.3) is 5.91 Å². The minimum atomic E-state index is -0.265. The molecule has 1 aliphatic rings. The maximum atomic E-state index is 14.0. The van der Waals surface area contributed by atoms with Crippen LogP contribution >= 0.6 is 11.3 Å². The lowest BCUT2D eigenvalue weighted by Gasteiger charge is -2.30. The molecule has 1 N–H and O–H groups in total. The molecule has 0 spiro atoms. The summed E-state index contributed by atoms with van der Waals surface area (Å²) < 4.78 is 15.6. The Hall–Kier alpha value is -4.66. The average molecular weight is 588 g/mol. The van der Waals surface area contributed by atoms with E-state index in [9.17, 15) is 9.18 Å². The summed E-state index contributed by atoms with van der Waals surface area (Å²) in [5.74, 6) is -0.437. The first-order chi connectivity index (χ1) is 20.9. The van der Waals surface area contributed by atoms with Gasteiger partial charge in [0.15, 0.2) is 5.13 Å². The predicted octanol–water partition coefficient (Wildman–Crippen LogP) is 7.72. The van der Waals surface area contributed by atoms with Crippen molar-refractivity contribution in [2.45, 2.75) is 33.4 Å². The van der Waals surface area contributed by atoms with Gasteiger partial charge in [-0.15, -0.1) is 11.3 Å². The fourth-order valence-corrected chi connectivity index (χ4v) is 6.81. The number of aryl methyl sites for hydroxylation is 1. The van der Waals surface area contributed by atoms with Crippen molar-refractivity contribution in [3.05, 3.63) is 130 Å². The van der Waals surface area contributed by atoms with E-state index in [2.05, 4.69) is 45.1 Å². The van der Waals surface area contributed by atoms with Crippen LogP contribution in [0.3, 0.4) is 0 Å². The molecule has 0 saturated heterocycles. The molecule has 3 aromatic heterocycles. The molecule has 0 saturated carbocycles. The number of carbonyl (C=O) groups excluding carboxylic acids is 1. The molecule has 0 unspecified atom stereocenters. The second kappa shape index (κ2) is 11.2. The third kappa shape index (κ3) is 5.24. The van der Waals surface area contributed by atoms with E-state index in [0.29, 0.717) is 17.2 Å². The number of pyridine rings is 1. The lowest BCUT2D eigenvalue weighted by Crippen LogP contribution is -2.32. The number of hydrogen-bond acceptors (Lipinski definition) is 5. The van der Waals surface area contributed by atoms with E-state index >= 15 is 0 Å². The predicted molar refractivity (Wildman–Crippen MR) is 170 cm³/mol. The standard InChI is InChI=1S/C35H30FN5OS/c1-22-18-28(23(2)41(22)26-14-12-25(36)13-15-26)32-21-43-35(38-32)39-34(42)33-27-10-6-7-11-30(27)37-31-16-17-40(20-29(31)33)19-24-8-4-3-5-9-24/h3-15,18,21H,16-17,19-20H2,1-2H3,(H,38,39,42). The Morgan fingerprint density at radius 1 is 0.977 bits per heavy atom. The van der Waals surface area contributed by atoms with Gasteiger partial charge < -0.3 is 4.57 Å². The third-order valence-electron chi connectivity index (χ3n) is 8.12. The molecule has 1 amide bonds. The molecule has 0 fully saturated rings. The van der Waals surface area contributed by atoms with Gasteiger partial charge in [0.05, 0.1) is 16.8 Å². The second-order valence-electron chi connectivity index (χ2n) is 11.0. The van der Waals surface area contributed by atoms with Crippen molar-refractivity contribution in [1.29, 1.82) is 0 Å². The highest BCUT2D eigenvalue weighted by Crippen LogP contribution is 2.33. The van der Waals surface area contributed by atoms with E-state index in [1.807, 2.05) is 49.6 Å². The van der Waals surface area contributed by atoms with E-state index in [0.717, 1.165) is 70.0 Å². The van der Waals surface area contributed by atoms with Gasteiger partial charge in [-0.25, -0.2) is 9.37 Å². The molecular weight excluding hydrogens is 557 g/mol. The number of halogens is 1. The number of amides is 1. The Bertz CT molecular complexity index is 1960. The second-order valence-corrected chi connectivity index (χ2v) is 11.8. The Morgan fingerprint density at radius 3 is 2.56 bits per heavy atom. The van der Waals surface area contributed by atoms with Crippen LogP contribution in [0.15, 0.2) is 90.3 Å². The molecule has 0 bridgehead atoms. The van der Waals surface area contributed by atoms with Gasteiger partial charge in [-0.1, -0.05) is 48.5 Å². The topological polar surface area (TPSA) is 63.1 Å². The number of carbonyl (C=O) groups is 1. The highest BCUT2D eigenvalue weighted by Gasteiger charge is 2.26. The van der Waals surface area contributed by atoms with Gasteiger partial charge in [-0.3, -0.25) is 20.0 Å². The van der Waals surface area contributed by atoms with Crippen molar-refractivity contribution in [2.24, 2.45) is 0 Å². The molecule has 6 aromatic rings. The Labute approximate surface area is 253 Å². The summed E-state index contributed by atoms with van der Waals surface area (Å²) in [5.41, 5.74) is 9.40. The molecule has 8 heteroatoms. The van der Waals surface area contributed by atoms with E-state index < -0.39 is 0 Å². The van der Waals surface area contributed by atoms with Crippen molar-refractivity contribution in [3.8, 4) is 16.9 Å². The van der Waals surface area contributed by atoms with Crippen molar-refractivity contribution >= 4 is 33.3 Å². The normalized spacial score (nSPS) is 13.3. The number of benzene rings is 3. The molecular formula is C35H30FN5OS. The number of hydrogen-bond donors (Lipinski definition) is 1. The molecule has 0 aliphatic carbocycles. The van der Waals surface area contributed by atoms with Crippen molar-refractivity contribution in [3.63, 3.8) is 0 Å². The van der Waals surface area contributed by atoms with Gasteiger partial charge >= 0.3 is 0 Å². The summed E-state index contributed by atoms with van der Waals surface area (Å²) >= 11 is 1.41. The molecule has 3 aromatic carbocycles. The van der Waals surface area contributed by atoms with Crippen LogP contribution in [0.5, 0.6) is 0 Å². The van der Waals surface area contributed by atoms with Crippen LogP contribution in [0.2, 0.25) is 0 Å². The number of fused-ring (bicyclic) bond motifs is 2. The zero-order valence-corrected chi connectivity index (χ0v) is 24.8. The van der Waals surface area contributed by atoms with Crippen LogP contribution in [-0.2, 0) is 19.5 Å². The van der Waals surface area contributed by atoms with Crippen LogP contribution in [0, 0.1) is 19.7 Å². The Morgan fingerprint density at radius 2 is 1.74 bits per heavy atom. The molecule has 7 rings (SSSR count). The SMILES string of the molecule is Cc1cc(-c2csc(NC(=O)c3c4c(nc5ccccc35)CCN(Cc3ccccc3)C4)n2)c(C)n1-c1ccc(F)cc1. The number of anilines is 1. The van der Waals surface area contributed by atoms with E-state index in [-0.39, 0.29) is 11.7 Å². The smallest absolute Gasteiger partial charge is 0.258 e. The van der Waals surface area contributed by atoms with Gasteiger partial charge in [0.1, 0.15) is 5.82 Å². The van der Waals surface area contributed by atoms with Crippen LogP contribution in [0.4, 0.5) is 9.52 Å². The van der Waals surface area contributed by atoms with Crippen molar-refractivity contribution in [2.75, 3.05) is 11.9 Å². The maximum absolute atomic E-state index is 14.0. The van der Waals surface area contributed by atoms with Gasteiger partial charge in [-0.05, 0) is 55.8 Å². The first kappa shape index (κ1) is 27.2. The molecule has 4 heterocycles. The number of thiazole rings is 1. The van der Waals surface area contributed by atoms with Crippen molar-refractivity contribution in [1.82, 2.24) is 19.4 Å². The maximum Gasteiger partial charge on any atom is 0.258 e. The monoisotopic (exact) mass is 587 g/mol. The first-order valence-corrected chi connectivity index (χ1v) is 15.2. The minimum Gasteiger partial charge on any atom is -0.318 e. The molecule has 6 nitrogen and oxygen atoms in total. The fourth-order valence-electron chi connectivity index (χ4n) is 6.11. The van der Waals surface area contributed by atoms with E-state index in [1.54, 1.807) is 12.1 Å². The molecule has 0 atom stereocenters. The lowest BCUT2D eigenvalue weighted by atomic mass is 9.95. The summed E-state index contributed by atoms with van der Waals surface area (Å²) in [5, 5.41) is 6.46. The number of nitrogens with one attached hydrogen (secondary N) is 1. The number of aromatic nitrogens is 3. The van der Waals surface area contributed by atoms with Crippen LogP contribution in [0.25, 0.3) is 27.8 Å². The first-order valence-electron chi connectivity index (χ1n) is 14.3. The fraction of sp³-hybridized carbons (Fsp3) is 0.171. The Balaban J connectivity index is 1.19. The third-order valence-corrected chi connectivity index (χ3v) is 8.88. The molecule has 0 radical (unpaired) electrons. The van der Waals surface area contributed by atoms with Crippen LogP contribution < -0.4 is 5.32 Å². The molecule has 43 heavy (non-hydrogen) atoms. The zero-order chi connectivity index (χ0) is 29.5. The van der Waals surface area contributed by atoms with Gasteiger partial charge in [0, 0.05) is 70.7 Å². The summed E-state index contributed by atoms with van der Waals surface area (Å²) in [6.07, 6.45) is 0.790.